The molecule has 1 unspecified atom stereocenters. The van der Waals surface area contributed by atoms with Gasteiger partial charge < -0.3 is 24.3 Å². The molecule has 3 aliphatic rings. The summed E-state index contributed by atoms with van der Waals surface area (Å²) in [4.78, 5) is 29.5. The average Bonchev–Trinajstić information content (AvgIpc) is 3.63. The van der Waals surface area contributed by atoms with E-state index in [9.17, 15) is 9.59 Å². The van der Waals surface area contributed by atoms with Crippen LogP contribution in [0.5, 0.6) is 11.5 Å². The number of amides is 2. The zero-order chi connectivity index (χ0) is 24.0. The number of rotatable bonds is 5. The Labute approximate surface area is 204 Å². The maximum Gasteiger partial charge on any atom is 0.271 e. The lowest BCUT2D eigenvalue weighted by molar-refractivity contribution is -0.133. The maximum atomic E-state index is 13.9. The van der Waals surface area contributed by atoms with Crippen LogP contribution in [-0.4, -0.2) is 39.7 Å². The van der Waals surface area contributed by atoms with Gasteiger partial charge in [-0.1, -0.05) is 49.2 Å². The van der Waals surface area contributed by atoms with Gasteiger partial charge in [0.1, 0.15) is 11.2 Å². The van der Waals surface area contributed by atoms with E-state index < -0.39 is 5.54 Å². The quantitative estimate of drug-likeness (QED) is 0.600. The van der Waals surface area contributed by atoms with E-state index in [2.05, 4.69) is 5.32 Å². The fourth-order valence-corrected chi connectivity index (χ4v) is 5.51. The van der Waals surface area contributed by atoms with Crippen LogP contribution in [0, 0.1) is 0 Å². The third-order valence-corrected chi connectivity index (χ3v) is 7.53. The molecule has 0 spiro atoms. The molecule has 0 saturated heterocycles. The molecular weight excluding hydrogens is 442 g/mol. The number of hydrogen-bond donors (Lipinski definition) is 1. The molecule has 0 bridgehead atoms. The summed E-state index contributed by atoms with van der Waals surface area (Å²) in [6, 6.07) is 19.7. The number of aromatic nitrogens is 1. The van der Waals surface area contributed by atoms with Gasteiger partial charge in [0.15, 0.2) is 11.5 Å². The molecule has 35 heavy (non-hydrogen) atoms. The Kier molecular flexibility index (Phi) is 5.28. The second-order valence-corrected chi connectivity index (χ2v) is 9.86. The minimum absolute atomic E-state index is 0.100. The van der Waals surface area contributed by atoms with E-state index in [1.54, 1.807) is 4.90 Å². The smallest absolute Gasteiger partial charge is 0.271 e. The standard InChI is InChI=1S/C28H29N3O4/c1-28(27(33)29-21-9-5-6-10-21)17-30-22(20-7-3-2-4-8-20)12-13-23(30)26(32)31(28)16-19-11-14-24-25(15-19)35-18-34-24/h2-4,7-8,11-15,21H,5-6,9-10,16-18H2,1H3,(H,29,33). The van der Waals surface area contributed by atoms with Crippen molar-refractivity contribution in [3.05, 3.63) is 71.9 Å². The fourth-order valence-electron chi connectivity index (χ4n) is 5.51. The van der Waals surface area contributed by atoms with Gasteiger partial charge in [-0.15, -0.1) is 0 Å². The predicted molar refractivity (Wildman–Crippen MR) is 131 cm³/mol. The molecule has 1 saturated carbocycles. The summed E-state index contributed by atoms with van der Waals surface area (Å²) in [6.07, 6.45) is 4.23. The van der Waals surface area contributed by atoms with Gasteiger partial charge in [0, 0.05) is 18.3 Å². The first-order chi connectivity index (χ1) is 17.0. The number of nitrogens with one attached hydrogen (secondary N) is 1. The minimum Gasteiger partial charge on any atom is -0.454 e. The zero-order valence-corrected chi connectivity index (χ0v) is 19.8. The second kappa shape index (κ2) is 8.48. The van der Waals surface area contributed by atoms with Gasteiger partial charge in [-0.3, -0.25) is 9.59 Å². The molecule has 3 aromatic rings. The Morgan fingerprint density at radius 2 is 1.74 bits per heavy atom. The molecule has 1 atom stereocenters. The number of benzene rings is 2. The molecule has 1 fully saturated rings. The van der Waals surface area contributed by atoms with Crippen LogP contribution in [0.2, 0.25) is 0 Å². The Balaban J connectivity index is 1.39. The number of carbonyl (C=O) groups excluding carboxylic acids is 2. The Morgan fingerprint density at radius 3 is 2.54 bits per heavy atom. The van der Waals surface area contributed by atoms with Gasteiger partial charge in [-0.2, -0.15) is 0 Å². The van der Waals surface area contributed by atoms with Crippen molar-refractivity contribution in [2.75, 3.05) is 6.79 Å². The van der Waals surface area contributed by atoms with Crippen LogP contribution in [0.1, 0.15) is 48.7 Å². The van der Waals surface area contributed by atoms with Gasteiger partial charge in [-0.05, 0) is 55.2 Å². The lowest BCUT2D eigenvalue weighted by Crippen LogP contribution is -2.64. The highest BCUT2D eigenvalue weighted by atomic mass is 16.7. The topological polar surface area (TPSA) is 72.8 Å². The third-order valence-electron chi connectivity index (χ3n) is 7.53. The summed E-state index contributed by atoms with van der Waals surface area (Å²) in [5.74, 6) is 1.11. The second-order valence-electron chi connectivity index (χ2n) is 9.86. The van der Waals surface area contributed by atoms with Crippen LogP contribution in [0.15, 0.2) is 60.7 Å². The lowest BCUT2D eigenvalue weighted by Gasteiger charge is -2.45. The van der Waals surface area contributed by atoms with E-state index in [4.69, 9.17) is 9.47 Å². The molecule has 1 aromatic heterocycles. The molecule has 2 amide bonds. The van der Waals surface area contributed by atoms with E-state index in [1.807, 2.05) is 72.2 Å². The highest BCUT2D eigenvalue weighted by molar-refractivity contribution is 6.00. The number of nitrogens with zero attached hydrogens (tertiary/aromatic N) is 2. The number of carbonyl (C=O) groups is 2. The molecule has 1 N–H and O–H groups in total. The summed E-state index contributed by atoms with van der Waals surface area (Å²) >= 11 is 0. The number of ether oxygens (including phenoxy) is 2. The van der Waals surface area contributed by atoms with Gasteiger partial charge in [0.05, 0.1) is 6.54 Å². The summed E-state index contributed by atoms with van der Waals surface area (Å²) in [5, 5.41) is 3.26. The first kappa shape index (κ1) is 21.8. The normalized spacial score (nSPS) is 21.3. The predicted octanol–water partition coefficient (Wildman–Crippen LogP) is 4.36. The number of fused-ring (bicyclic) bond motifs is 2. The van der Waals surface area contributed by atoms with E-state index in [0.717, 1.165) is 42.5 Å². The molecule has 7 nitrogen and oxygen atoms in total. The Morgan fingerprint density at radius 1 is 1.00 bits per heavy atom. The largest absolute Gasteiger partial charge is 0.454 e. The average molecular weight is 472 g/mol. The van der Waals surface area contributed by atoms with Crippen LogP contribution in [0.3, 0.4) is 0 Å². The number of hydrogen-bond acceptors (Lipinski definition) is 4. The third kappa shape index (κ3) is 3.75. The molecule has 1 aliphatic carbocycles. The summed E-state index contributed by atoms with van der Waals surface area (Å²) in [7, 11) is 0. The van der Waals surface area contributed by atoms with Crippen LogP contribution >= 0.6 is 0 Å². The molecule has 0 radical (unpaired) electrons. The summed E-state index contributed by atoms with van der Waals surface area (Å²) in [5.41, 5.74) is 2.40. The van der Waals surface area contributed by atoms with Crippen LogP contribution in [-0.2, 0) is 17.9 Å². The maximum absolute atomic E-state index is 13.9. The first-order valence-corrected chi connectivity index (χ1v) is 12.3. The van der Waals surface area contributed by atoms with Crippen molar-refractivity contribution in [3.63, 3.8) is 0 Å². The molecule has 2 aliphatic heterocycles. The van der Waals surface area contributed by atoms with Crippen molar-refractivity contribution >= 4 is 11.8 Å². The van der Waals surface area contributed by atoms with Gasteiger partial charge in [0.2, 0.25) is 12.7 Å². The van der Waals surface area contributed by atoms with E-state index >= 15 is 0 Å². The van der Waals surface area contributed by atoms with Crippen molar-refractivity contribution in [3.8, 4) is 22.8 Å². The Hall–Kier alpha value is -3.74. The van der Waals surface area contributed by atoms with Gasteiger partial charge in [-0.25, -0.2) is 0 Å². The SMILES string of the molecule is CC1(C(=O)NC2CCCC2)Cn2c(ccc2-c2ccccc2)C(=O)N1Cc1ccc2c(c1)OCO2. The van der Waals surface area contributed by atoms with Crippen LogP contribution in [0.25, 0.3) is 11.3 Å². The van der Waals surface area contributed by atoms with Gasteiger partial charge in [0.25, 0.3) is 5.91 Å². The van der Waals surface area contributed by atoms with E-state index in [0.29, 0.717) is 30.3 Å². The van der Waals surface area contributed by atoms with Crippen LogP contribution in [0.4, 0.5) is 0 Å². The highest BCUT2D eigenvalue weighted by Gasteiger charge is 2.48. The van der Waals surface area contributed by atoms with E-state index in [1.165, 1.54) is 0 Å². The van der Waals surface area contributed by atoms with Crippen molar-refractivity contribution in [2.24, 2.45) is 0 Å². The van der Waals surface area contributed by atoms with Gasteiger partial charge >= 0.3 is 0 Å². The van der Waals surface area contributed by atoms with Crippen LogP contribution < -0.4 is 14.8 Å². The molecule has 7 heteroatoms. The molecule has 3 heterocycles. The van der Waals surface area contributed by atoms with Crippen molar-refractivity contribution in [2.45, 2.75) is 57.3 Å². The zero-order valence-electron chi connectivity index (χ0n) is 19.8. The first-order valence-electron chi connectivity index (χ1n) is 12.3. The molecule has 2 aromatic carbocycles. The monoisotopic (exact) mass is 471 g/mol. The van der Waals surface area contributed by atoms with Crippen molar-refractivity contribution in [1.82, 2.24) is 14.8 Å². The molecule has 6 rings (SSSR count). The fraction of sp³-hybridized carbons (Fsp3) is 0.357. The molecule has 180 valence electrons. The highest BCUT2D eigenvalue weighted by Crippen LogP contribution is 2.37. The summed E-state index contributed by atoms with van der Waals surface area (Å²) < 4.78 is 13.0. The Bertz CT molecular complexity index is 1280. The summed E-state index contributed by atoms with van der Waals surface area (Å²) in [6.45, 7) is 2.77. The van der Waals surface area contributed by atoms with Crippen molar-refractivity contribution in [1.29, 1.82) is 0 Å². The minimum atomic E-state index is -1.05. The lowest BCUT2D eigenvalue weighted by atomic mass is 9.93. The van der Waals surface area contributed by atoms with E-state index in [-0.39, 0.29) is 24.6 Å². The molecular formula is C28H29N3O4. The van der Waals surface area contributed by atoms with Crippen molar-refractivity contribution < 1.29 is 19.1 Å².